The van der Waals surface area contributed by atoms with E-state index in [1.54, 1.807) is 6.92 Å². The number of hydrogen-bond acceptors (Lipinski definition) is 5. The van der Waals surface area contributed by atoms with Crippen LogP contribution in [0.5, 0.6) is 5.75 Å². The molecule has 0 radical (unpaired) electrons. The molecule has 3 rings (SSSR count). The minimum atomic E-state index is -0.346. The number of likely N-dealkylation sites (N-methyl/N-ethyl adjacent to an activating group) is 1. The molecule has 0 aliphatic carbocycles. The monoisotopic (exact) mass is 417 g/mol. The average Bonchev–Trinajstić information content (AvgIpc) is 3.06. The standard InChI is InChI=1S/C22H28N2O4S/c1-4-24-12-11-17-18(14-24)29-21(20(17)22(26)28-6-3)23-19(25)13-15-7-9-16(10-8-15)27-5-2/h7-10H,4-6,11-14H2,1-3H3,(H,23,25)/p+1. The van der Waals surface area contributed by atoms with E-state index in [0.717, 1.165) is 42.9 Å². The number of rotatable bonds is 8. The van der Waals surface area contributed by atoms with Crippen LogP contribution in [-0.2, 0) is 28.9 Å². The third-order valence-electron chi connectivity index (χ3n) is 5.06. The zero-order valence-electron chi connectivity index (χ0n) is 17.3. The molecule has 0 spiro atoms. The summed E-state index contributed by atoms with van der Waals surface area (Å²) in [7, 11) is 0. The molecule has 29 heavy (non-hydrogen) atoms. The number of hydrogen-bond donors (Lipinski definition) is 2. The number of esters is 1. The average molecular weight is 418 g/mol. The molecule has 156 valence electrons. The quantitative estimate of drug-likeness (QED) is 0.648. The van der Waals surface area contributed by atoms with Crippen LogP contribution >= 0.6 is 11.3 Å². The summed E-state index contributed by atoms with van der Waals surface area (Å²) in [6.45, 7) is 9.75. The number of amides is 1. The van der Waals surface area contributed by atoms with E-state index in [-0.39, 0.29) is 18.3 Å². The molecule has 7 heteroatoms. The third-order valence-corrected chi connectivity index (χ3v) is 6.21. The van der Waals surface area contributed by atoms with Crippen molar-refractivity contribution in [1.82, 2.24) is 0 Å². The molecule has 2 heterocycles. The van der Waals surface area contributed by atoms with E-state index in [1.165, 1.54) is 21.1 Å². The predicted molar refractivity (Wildman–Crippen MR) is 114 cm³/mol. The van der Waals surface area contributed by atoms with Gasteiger partial charge in [-0.1, -0.05) is 12.1 Å². The minimum Gasteiger partial charge on any atom is -0.494 e. The SMILES string of the molecule is CCOC(=O)c1c(NC(=O)Cc2ccc(OCC)cc2)sc2c1CC[NH+](CC)C2. The van der Waals surface area contributed by atoms with E-state index in [2.05, 4.69) is 12.2 Å². The largest absolute Gasteiger partial charge is 0.494 e. The molecule has 0 saturated heterocycles. The maximum absolute atomic E-state index is 12.7. The number of carbonyl (C=O) groups excluding carboxylic acids is 2. The van der Waals surface area contributed by atoms with Gasteiger partial charge < -0.3 is 19.7 Å². The Morgan fingerprint density at radius 3 is 2.55 bits per heavy atom. The lowest BCUT2D eigenvalue weighted by molar-refractivity contribution is -0.913. The first-order valence-electron chi connectivity index (χ1n) is 10.2. The first-order valence-corrected chi connectivity index (χ1v) is 11.0. The summed E-state index contributed by atoms with van der Waals surface area (Å²) in [6, 6.07) is 7.50. The van der Waals surface area contributed by atoms with Gasteiger partial charge in [-0.2, -0.15) is 0 Å². The number of ether oxygens (including phenoxy) is 2. The number of benzene rings is 1. The highest BCUT2D eigenvalue weighted by Gasteiger charge is 2.30. The van der Waals surface area contributed by atoms with Gasteiger partial charge in [0.05, 0.1) is 43.2 Å². The third kappa shape index (κ3) is 5.16. The van der Waals surface area contributed by atoms with Gasteiger partial charge in [0.1, 0.15) is 17.3 Å². The molecular formula is C22H29N2O4S+. The van der Waals surface area contributed by atoms with Crippen molar-refractivity contribution in [2.75, 3.05) is 31.6 Å². The van der Waals surface area contributed by atoms with E-state index in [1.807, 2.05) is 31.2 Å². The molecule has 1 amide bonds. The molecule has 0 fully saturated rings. The summed E-state index contributed by atoms with van der Waals surface area (Å²) in [5.41, 5.74) is 2.48. The van der Waals surface area contributed by atoms with Gasteiger partial charge in [0.2, 0.25) is 5.91 Å². The lowest BCUT2D eigenvalue weighted by atomic mass is 10.0. The first-order chi connectivity index (χ1) is 14.0. The molecule has 6 nitrogen and oxygen atoms in total. The zero-order valence-corrected chi connectivity index (χ0v) is 18.1. The number of nitrogens with one attached hydrogen (secondary N) is 2. The highest BCUT2D eigenvalue weighted by molar-refractivity contribution is 7.17. The number of quaternary nitrogens is 1. The van der Waals surface area contributed by atoms with Crippen LogP contribution in [0.1, 0.15) is 47.1 Å². The molecule has 2 N–H and O–H groups in total. The second-order valence-electron chi connectivity index (χ2n) is 7.01. The van der Waals surface area contributed by atoms with Gasteiger partial charge in [-0.3, -0.25) is 4.79 Å². The highest BCUT2D eigenvalue weighted by Crippen LogP contribution is 2.35. The molecule has 1 atom stereocenters. The van der Waals surface area contributed by atoms with Crippen LogP contribution in [0.3, 0.4) is 0 Å². The van der Waals surface area contributed by atoms with Gasteiger partial charge in [0.15, 0.2) is 0 Å². The Labute approximate surface area is 175 Å². The fourth-order valence-corrected chi connectivity index (χ4v) is 4.90. The Bertz CT molecular complexity index is 860. The summed E-state index contributed by atoms with van der Waals surface area (Å²) in [6.07, 6.45) is 1.07. The number of carbonyl (C=O) groups is 2. The van der Waals surface area contributed by atoms with E-state index >= 15 is 0 Å². The van der Waals surface area contributed by atoms with Gasteiger partial charge in [-0.25, -0.2) is 4.79 Å². The lowest BCUT2D eigenvalue weighted by Gasteiger charge is -2.22. The number of thiophene rings is 1. The fraction of sp³-hybridized carbons (Fsp3) is 0.455. The molecule has 0 saturated carbocycles. The molecule has 1 aromatic heterocycles. The van der Waals surface area contributed by atoms with Crippen LogP contribution in [0.2, 0.25) is 0 Å². The van der Waals surface area contributed by atoms with E-state index in [0.29, 0.717) is 23.8 Å². The Morgan fingerprint density at radius 2 is 1.90 bits per heavy atom. The highest BCUT2D eigenvalue weighted by atomic mass is 32.1. The van der Waals surface area contributed by atoms with E-state index in [9.17, 15) is 9.59 Å². The summed E-state index contributed by atoms with van der Waals surface area (Å²) < 4.78 is 10.7. The van der Waals surface area contributed by atoms with Crippen molar-refractivity contribution in [3.63, 3.8) is 0 Å². The molecular weight excluding hydrogens is 388 g/mol. The normalized spacial score (nSPS) is 15.5. The molecule has 1 aromatic carbocycles. The topological polar surface area (TPSA) is 69.1 Å². The van der Waals surface area contributed by atoms with Crippen molar-refractivity contribution in [2.45, 2.75) is 40.2 Å². The van der Waals surface area contributed by atoms with Crippen LogP contribution in [0.4, 0.5) is 5.00 Å². The number of anilines is 1. The fourth-order valence-electron chi connectivity index (χ4n) is 3.57. The molecule has 0 bridgehead atoms. The molecule has 1 aliphatic heterocycles. The van der Waals surface area contributed by atoms with Crippen LogP contribution in [0.25, 0.3) is 0 Å². The van der Waals surface area contributed by atoms with Gasteiger partial charge in [0.25, 0.3) is 0 Å². The van der Waals surface area contributed by atoms with Gasteiger partial charge in [0, 0.05) is 6.42 Å². The van der Waals surface area contributed by atoms with Gasteiger partial charge >= 0.3 is 5.97 Å². The van der Waals surface area contributed by atoms with E-state index < -0.39 is 0 Å². The van der Waals surface area contributed by atoms with Crippen LogP contribution in [0.15, 0.2) is 24.3 Å². The van der Waals surface area contributed by atoms with Crippen molar-refractivity contribution < 1.29 is 24.0 Å². The lowest BCUT2D eigenvalue weighted by Crippen LogP contribution is -3.11. The van der Waals surface area contributed by atoms with Crippen LogP contribution in [0, 0.1) is 0 Å². The van der Waals surface area contributed by atoms with Crippen molar-refractivity contribution in [3.8, 4) is 5.75 Å². The Morgan fingerprint density at radius 1 is 1.14 bits per heavy atom. The van der Waals surface area contributed by atoms with Crippen LogP contribution in [-0.4, -0.2) is 38.2 Å². The van der Waals surface area contributed by atoms with Gasteiger partial charge in [-0.05, 0) is 44.0 Å². The molecule has 2 aromatic rings. The smallest absolute Gasteiger partial charge is 0.341 e. The maximum atomic E-state index is 12.7. The second-order valence-corrected chi connectivity index (χ2v) is 8.12. The Kier molecular flexibility index (Phi) is 7.28. The van der Waals surface area contributed by atoms with E-state index in [4.69, 9.17) is 9.47 Å². The summed E-state index contributed by atoms with van der Waals surface area (Å²) in [5, 5.41) is 3.58. The Balaban J connectivity index is 1.77. The number of fused-ring (bicyclic) bond motifs is 1. The second kappa shape index (κ2) is 9.89. The Hall–Kier alpha value is -2.38. The van der Waals surface area contributed by atoms with Crippen LogP contribution < -0.4 is 15.0 Å². The van der Waals surface area contributed by atoms with Gasteiger partial charge in [-0.15, -0.1) is 11.3 Å². The zero-order chi connectivity index (χ0) is 20.8. The first kappa shape index (κ1) is 21.3. The predicted octanol–water partition coefficient (Wildman–Crippen LogP) is 2.47. The van der Waals surface area contributed by atoms with Crippen molar-refractivity contribution in [1.29, 1.82) is 0 Å². The van der Waals surface area contributed by atoms with Crippen molar-refractivity contribution >= 4 is 28.2 Å². The maximum Gasteiger partial charge on any atom is 0.341 e. The molecule has 1 unspecified atom stereocenters. The van der Waals surface area contributed by atoms with Crippen molar-refractivity contribution in [2.24, 2.45) is 0 Å². The van der Waals surface area contributed by atoms with Crippen molar-refractivity contribution in [3.05, 3.63) is 45.8 Å². The summed E-state index contributed by atoms with van der Waals surface area (Å²) >= 11 is 1.51. The minimum absolute atomic E-state index is 0.141. The molecule has 1 aliphatic rings. The summed E-state index contributed by atoms with van der Waals surface area (Å²) in [4.78, 5) is 27.9. The summed E-state index contributed by atoms with van der Waals surface area (Å²) in [5.74, 6) is 0.300.